The molecule has 0 aliphatic carbocycles. The van der Waals surface area contributed by atoms with Crippen LogP contribution >= 0.6 is 11.3 Å². The Balaban J connectivity index is 1.99. The molecule has 10 nitrogen and oxygen atoms in total. The summed E-state index contributed by atoms with van der Waals surface area (Å²) in [5.41, 5.74) is 5.46. The standard InChI is InChI=1S/C16H21N5O5S2/c1-11-10-12(19-26-11)16(23)20-7-3-8-21(15(20)14(22)18-6-5-17)28(24,25)13-4-2-9-27-13/h2,4,9-10,15H,3,5-8,17H2,1H3,(H,18,22). The van der Waals surface area contributed by atoms with Crippen LogP contribution in [0.15, 0.2) is 32.3 Å². The Morgan fingerprint density at radius 3 is 2.82 bits per heavy atom. The molecule has 2 aromatic heterocycles. The molecular weight excluding hydrogens is 406 g/mol. The van der Waals surface area contributed by atoms with Crippen LogP contribution in [0.25, 0.3) is 0 Å². The van der Waals surface area contributed by atoms with Crippen molar-refractivity contribution in [3.63, 3.8) is 0 Å². The molecule has 28 heavy (non-hydrogen) atoms. The lowest BCUT2D eigenvalue weighted by Crippen LogP contribution is -2.63. The van der Waals surface area contributed by atoms with E-state index in [1.807, 2.05) is 0 Å². The van der Waals surface area contributed by atoms with Gasteiger partial charge in [-0.15, -0.1) is 11.3 Å². The summed E-state index contributed by atoms with van der Waals surface area (Å²) in [5.74, 6) is -0.748. The molecule has 1 atom stereocenters. The van der Waals surface area contributed by atoms with E-state index in [0.29, 0.717) is 12.2 Å². The molecule has 0 saturated carbocycles. The minimum Gasteiger partial charge on any atom is -0.361 e. The molecule has 1 unspecified atom stereocenters. The van der Waals surface area contributed by atoms with E-state index in [0.717, 1.165) is 15.6 Å². The van der Waals surface area contributed by atoms with E-state index in [4.69, 9.17) is 10.3 Å². The average Bonchev–Trinajstić information content (AvgIpc) is 3.37. The van der Waals surface area contributed by atoms with Crippen molar-refractivity contribution in [2.45, 2.75) is 23.7 Å². The van der Waals surface area contributed by atoms with Gasteiger partial charge in [-0.1, -0.05) is 11.2 Å². The number of thiophene rings is 1. The highest BCUT2D eigenvalue weighted by molar-refractivity contribution is 7.91. The van der Waals surface area contributed by atoms with Gasteiger partial charge in [0, 0.05) is 32.2 Å². The largest absolute Gasteiger partial charge is 0.361 e. The molecule has 2 amide bonds. The van der Waals surface area contributed by atoms with Gasteiger partial charge in [-0.25, -0.2) is 8.42 Å². The third-order valence-electron chi connectivity index (χ3n) is 4.19. The summed E-state index contributed by atoms with van der Waals surface area (Å²) in [6, 6.07) is 4.53. The van der Waals surface area contributed by atoms with Crippen molar-refractivity contribution in [1.29, 1.82) is 0 Å². The lowest BCUT2D eigenvalue weighted by Gasteiger charge is -2.41. The zero-order chi connectivity index (χ0) is 20.3. The molecule has 3 heterocycles. The monoisotopic (exact) mass is 427 g/mol. The smallest absolute Gasteiger partial charge is 0.277 e. The first kappa shape index (κ1) is 20.5. The molecule has 0 aromatic carbocycles. The third-order valence-corrected chi connectivity index (χ3v) is 7.42. The number of nitrogens with two attached hydrogens (primary N) is 1. The highest BCUT2D eigenvalue weighted by Gasteiger charge is 2.45. The summed E-state index contributed by atoms with van der Waals surface area (Å²) in [4.78, 5) is 27.0. The average molecular weight is 428 g/mol. The van der Waals surface area contributed by atoms with Gasteiger partial charge in [0.15, 0.2) is 11.9 Å². The summed E-state index contributed by atoms with van der Waals surface area (Å²) in [6.45, 7) is 2.31. The zero-order valence-corrected chi connectivity index (χ0v) is 16.8. The number of aryl methyl sites for hydroxylation is 1. The molecule has 1 fully saturated rings. The number of sulfonamides is 1. The van der Waals surface area contributed by atoms with Gasteiger partial charge in [-0.05, 0) is 24.8 Å². The summed E-state index contributed by atoms with van der Waals surface area (Å²) < 4.78 is 32.3. The zero-order valence-electron chi connectivity index (χ0n) is 15.2. The molecule has 12 heteroatoms. The Morgan fingerprint density at radius 1 is 1.43 bits per heavy atom. The molecule has 0 bridgehead atoms. The van der Waals surface area contributed by atoms with Crippen LogP contribution in [0.5, 0.6) is 0 Å². The second-order valence-corrected chi connectivity index (χ2v) is 9.24. The van der Waals surface area contributed by atoms with Crippen LogP contribution in [-0.4, -0.2) is 66.9 Å². The summed E-state index contributed by atoms with van der Waals surface area (Å²) >= 11 is 1.05. The first-order valence-corrected chi connectivity index (χ1v) is 11.0. The second-order valence-electron chi connectivity index (χ2n) is 6.18. The second kappa shape index (κ2) is 8.39. The number of carbonyl (C=O) groups is 2. The molecule has 1 aliphatic rings. The van der Waals surface area contributed by atoms with Gasteiger partial charge < -0.3 is 20.5 Å². The van der Waals surface area contributed by atoms with Gasteiger partial charge in [0.05, 0.1) is 0 Å². The van der Waals surface area contributed by atoms with E-state index in [1.54, 1.807) is 18.4 Å². The van der Waals surface area contributed by atoms with Gasteiger partial charge in [-0.3, -0.25) is 9.59 Å². The number of hydrogen-bond donors (Lipinski definition) is 2. The molecule has 0 spiro atoms. The predicted molar refractivity (Wildman–Crippen MR) is 101 cm³/mol. The number of aromatic nitrogens is 1. The number of carbonyl (C=O) groups excluding carboxylic acids is 2. The normalized spacial score (nSPS) is 18.2. The van der Waals surface area contributed by atoms with Crippen LogP contribution in [0.1, 0.15) is 22.7 Å². The number of rotatable bonds is 6. The SMILES string of the molecule is Cc1cc(C(=O)N2CCCN(S(=O)(=O)c3cccs3)C2C(=O)NCCN)no1. The fourth-order valence-electron chi connectivity index (χ4n) is 2.96. The number of hydrogen-bond acceptors (Lipinski definition) is 8. The highest BCUT2D eigenvalue weighted by Crippen LogP contribution is 2.28. The minimum absolute atomic E-state index is 0.0181. The molecule has 1 aliphatic heterocycles. The van der Waals surface area contributed by atoms with Crippen molar-refractivity contribution in [1.82, 2.24) is 19.7 Å². The Kier molecular flexibility index (Phi) is 6.13. The van der Waals surface area contributed by atoms with Crippen LogP contribution in [0.3, 0.4) is 0 Å². The van der Waals surface area contributed by atoms with E-state index >= 15 is 0 Å². The van der Waals surface area contributed by atoms with Crippen LogP contribution < -0.4 is 11.1 Å². The first-order valence-electron chi connectivity index (χ1n) is 8.63. The Hall–Kier alpha value is -2.28. The Morgan fingerprint density at radius 2 is 2.21 bits per heavy atom. The quantitative estimate of drug-likeness (QED) is 0.660. The van der Waals surface area contributed by atoms with Crippen molar-refractivity contribution in [3.05, 3.63) is 35.0 Å². The maximum Gasteiger partial charge on any atom is 0.277 e. The summed E-state index contributed by atoms with van der Waals surface area (Å²) in [5, 5.41) is 7.93. The number of amides is 2. The molecule has 152 valence electrons. The van der Waals surface area contributed by atoms with Crippen LogP contribution in [0, 0.1) is 6.92 Å². The van der Waals surface area contributed by atoms with E-state index < -0.39 is 28.0 Å². The lowest BCUT2D eigenvalue weighted by molar-refractivity contribution is -0.130. The van der Waals surface area contributed by atoms with Gasteiger partial charge in [0.25, 0.3) is 21.8 Å². The van der Waals surface area contributed by atoms with Crippen LogP contribution in [-0.2, 0) is 14.8 Å². The lowest BCUT2D eigenvalue weighted by atomic mass is 10.2. The van der Waals surface area contributed by atoms with Crippen molar-refractivity contribution in [3.8, 4) is 0 Å². The van der Waals surface area contributed by atoms with E-state index in [9.17, 15) is 18.0 Å². The molecule has 3 rings (SSSR count). The van der Waals surface area contributed by atoms with Crippen LogP contribution in [0.4, 0.5) is 0 Å². The van der Waals surface area contributed by atoms with Crippen molar-refractivity contribution < 1.29 is 22.5 Å². The molecule has 3 N–H and O–H groups in total. The van der Waals surface area contributed by atoms with Gasteiger partial charge in [0.1, 0.15) is 9.97 Å². The highest BCUT2D eigenvalue weighted by atomic mass is 32.2. The third kappa shape index (κ3) is 3.94. The molecule has 1 saturated heterocycles. The van der Waals surface area contributed by atoms with Crippen molar-refractivity contribution in [2.75, 3.05) is 26.2 Å². The predicted octanol–water partition coefficient (Wildman–Crippen LogP) is -0.0177. The van der Waals surface area contributed by atoms with Gasteiger partial charge in [-0.2, -0.15) is 4.31 Å². The molecular formula is C16H21N5O5S2. The fraction of sp³-hybridized carbons (Fsp3) is 0.438. The first-order chi connectivity index (χ1) is 13.4. The Bertz CT molecular complexity index is 941. The minimum atomic E-state index is -3.96. The number of nitrogens with zero attached hydrogens (tertiary/aromatic N) is 3. The topological polar surface area (TPSA) is 139 Å². The molecule has 2 aromatic rings. The summed E-state index contributed by atoms with van der Waals surface area (Å²) in [7, 11) is -3.96. The summed E-state index contributed by atoms with van der Waals surface area (Å²) in [6.07, 6.45) is -0.953. The van der Waals surface area contributed by atoms with E-state index in [-0.39, 0.29) is 36.1 Å². The van der Waals surface area contributed by atoms with Crippen LogP contribution in [0.2, 0.25) is 0 Å². The maximum absolute atomic E-state index is 13.1. The maximum atomic E-state index is 13.1. The fourth-order valence-corrected chi connectivity index (χ4v) is 5.67. The van der Waals surface area contributed by atoms with E-state index in [1.165, 1.54) is 17.0 Å². The molecule has 0 radical (unpaired) electrons. The van der Waals surface area contributed by atoms with Gasteiger partial charge in [0.2, 0.25) is 0 Å². The van der Waals surface area contributed by atoms with Gasteiger partial charge >= 0.3 is 0 Å². The van der Waals surface area contributed by atoms with E-state index in [2.05, 4.69) is 10.5 Å². The van der Waals surface area contributed by atoms with Crippen molar-refractivity contribution in [2.24, 2.45) is 5.73 Å². The van der Waals surface area contributed by atoms with Crippen molar-refractivity contribution >= 4 is 33.2 Å². The number of nitrogens with one attached hydrogen (secondary N) is 1. The Labute approximate surface area is 166 Å².